The molecule has 98 valence electrons. The molecule has 0 aliphatic carbocycles. The van der Waals surface area contributed by atoms with Crippen LogP contribution < -0.4 is 4.74 Å². The summed E-state index contributed by atoms with van der Waals surface area (Å²) in [6.45, 7) is 1.73. The number of aryl methyl sites for hydroxylation is 1. The molecule has 0 saturated heterocycles. The summed E-state index contributed by atoms with van der Waals surface area (Å²) in [4.78, 5) is 14.5. The molecule has 0 bridgehead atoms. The molecule has 0 fully saturated rings. The van der Waals surface area contributed by atoms with E-state index in [0.717, 1.165) is 0 Å². The Hall–Kier alpha value is -1.66. The van der Waals surface area contributed by atoms with Crippen molar-refractivity contribution in [3.63, 3.8) is 0 Å². The fourth-order valence-corrected chi connectivity index (χ4v) is 2.18. The second-order valence-corrected chi connectivity index (χ2v) is 5.10. The van der Waals surface area contributed by atoms with Gasteiger partial charge in [-0.15, -0.1) is 0 Å². The first kappa shape index (κ1) is 13.8. The standard InChI is InChI=1S/C12H8BrClN2O3/c1-7-4-8(13)5-10(16(17)18)12(7)19-11-3-2-9(14)6-15-11/h2-6H,1H3. The Kier molecular flexibility index (Phi) is 4.01. The predicted molar refractivity (Wildman–Crippen MR) is 74.9 cm³/mol. The van der Waals surface area contributed by atoms with Gasteiger partial charge >= 0.3 is 5.69 Å². The maximum absolute atomic E-state index is 11.0. The molecular weight excluding hydrogens is 336 g/mol. The second-order valence-electron chi connectivity index (χ2n) is 3.74. The van der Waals surface area contributed by atoms with Crippen molar-refractivity contribution in [3.05, 3.63) is 55.6 Å². The number of nitro benzene ring substituents is 1. The van der Waals surface area contributed by atoms with Gasteiger partial charge in [-0.05, 0) is 19.1 Å². The van der Waals surface area contributed by atoms with Crippen molar-refractivity contribution in [2.24, 2.45) is 0 Å². The molecule has 0 amide bonds. The SMILES string of the molecule is Cc1cc(Br)cc([N+](=O)[O-])c1Oc1ccc(Cl)cn1. The van der Waals surface area contributed by atoms with Gasteiger partial charge in [-0.25, -0.2) is 4.98 Å². The van der Waals surface area contributed by atoms with Gasteiger partial charge in [0.15, 0.2) is 0 Å². The lowest BCUT2D eigenvalue weighted by atomic mass is 10.2. The largest absolute Gasteiger partial charge is 0.432 e. The summed E-state index contributed by atoms with van der Waals surface area (Å²) in [7, 11) is 0. The minimum Gasteiger partial charge on any atom is -0.432 e. The molecule has 0 aliphatic rings. The van der Waals surface area contributed by atoms with Crippen LogP contribution in [0.4, 0.5) is 5.69 Å². The molecule has 5 nitrogen and oxygen atoms in total. The van der Waals surface area contributed by atoms with E-state index in [9.17, 15) is 10.1 Å². The summed E-state index contributed by atoms with van der Waals surface area (Å²) in [5, 5.41) is 11.5. The van der Waals surface area contributed by atoms with Crippen LogP contribution in [0.1, 0.15) is 5.56 Å². The van der Waals surface area contributed by atoms with Gasteiger partial charge in [-0.1, -0.05) is 27.5 Å². The molecule has 1 aromatic heterocycles. The van der Waals surface area contributed by atoms with Gasteiger partial charge in [0.1, 0.15) is 0 Å². The lowest BCUT2D eigenvalue weighted by Gasteiger charge is -2.08. The highest BCUT2D eigenvalue weighted by molar-refractivity contribution is 9.10. The minimum atomic E-state index is -0.497. The number of aromatic nitrogens is 1. The Labute approximate surface area is 122 Å². The molecule has 0 spiro atoms. The number of benzene rings is 1. The predicted octanol–water partition coefficient (Wildman–Crippen LogP) is 4.51. The van der Waals surface area contributed by atoms with Crippen LogP contribution in [0.2, 0.25) is 5.02 Å². The Morgan fingerprint density at radius 3 is 2.74 bits per heavy atom. The van der Waals surface area contributed by atoms with Crippen molar-refractivity contribution in [2.75, 3.05) is 0 Å². The maximum Gasteiger partial charge on any atom is 0.313 e. The fraction of sp³-hybridized carbons (Fsp3) is 0.0833. The van der Waals surface area contributed by atoms with Crippen LogP contribution >= 0.6 is 27.5 Å². The zero-order valence-electron chi connectivity index (χ0n) is 9.76. The van der Waals surface area contributed by atoms with Gasteiger partial charge in [0.2, 0.25) is 11.6 Å². The molecule has 0 saturated carbocycles. The average molecular weight is 344 g/mol. The van der Waals surface area contributed by atoms with E-state index in [2.05, 4.69) is 20.9 Å². The molecule has 1 heterocycles. The van der Waals surface area contributed by atoms with Gasteiger partial charge in [0.05, 0.1) is 9.95 Å². The third-order valence-corrected chi connectivity index (χ3v) is 3.00. The number of hydrogen-bond donors (Lipinski definition) is 0. The van der Waals surface area contributed by atoms with E-state index in [1.807, 2.05) is 0 Å². The van der Waals surface area contributed by atoms with Crippen LogP contribution in [0.15, 0.2) is 34.9 Å². The first-order chi connectivity index (χ1) is 8.97. The third-order valence-electron chi connectivity index (χ3n) is 2.32. The van der Waals surface area contributed by atoms with Crippen LogP contribution in [-0.4, -0.2) is 9.91 Å². The average Bonchev–Trinajstić information content (AvgIpc) is 2.34. The number of halogens is 2. The van der Waals surface area contributed by atoms with Crippen molar-refractivity contribution < 1.29 is 9.66 Å². The Morgan fingerprint density at radius 2 is 2.16 bits per heavy atom. The number of rotatable bonds is 3. The van der Waals surface area contributed by atoms with E-state index in [1.54, 1.807) is 25.1 Å². The summed E-state index contributed by atoms with van der Waals surface area (Å²) in [6, 6.07) is 6.27. The first-order valence-corrected chi connectivity index (χ1v) is 6.38. The van der Waals surface area contributed by atoms with Crippen molar-refractivity contribution >= 4 is 33.2 Å². The van der Waals surface area contributed by atoms with Crippen molar-refractivity contribution in [1.29, 1.82) is 0 Å². The van der Waals surface area contributed by atoms with E-state index in [-0.39, 0.29) is 17.3 Å². The molecular formula is C12H8BrClN2O3. The lowest BCUT2D eigenvalue weighted by molar-refractivity contribution is -0.385. The lowest BCUT2D eigenvalue weighted by Crippen LogP contribution is -1.97. The molecule has 0 aliphatic heterocycles. The summed E-state index contributed by atoms with van der Waals surface area (Å²) >= 11 is 8.93. The zero-order chi connectivity index (χ0) is 14.0. The number of pyridine rings is 1. The molecule has 19 heavy (non-hydrogen) atoms. The highest BCUT2D eigenvalue weighted by Gasteiger charge is 2.20. The van der Waals surface area contributed by atoms with Crippen LogP contribution in [0.5, 0.6) is 11.6 Å². The van der Waals surface area contributed by atoms with Gasteiger partial charge in [-0.3, -0.25) is 10.1 Å². The van der Waals surface area contributed by atoms with Crippen LogP contribution in [-0.2, 0) is 0 Å². The molecule has 1 aromatic carbocycles. The van der Waals surface area contributed by atoms with Crippen molar-refractivity contribution in [1.82, 2.24) is 4.98 Å². The summed E-state index contributed by atoms with van der Waals surface area (Å²) in [5.41, 5.74) is 0.515. The molecule has 0 N–H and O–H groups in total. The van der Waals surface area contributed by atoms with Crippen LogP contribution in [0, 0.1) is 17.0 Å². The third kappa shape index (κ3) is 3.21. The molecule has 0 atom stereocenters. The summed E-state index contributed by atoms with van der Waals surface area (Å²) in [6.07, 6.45) is 1.41. The fourth-order valence-electron chi connectivity index (χ4n) is 1.51. The van der Waals surface area contributed by atoms with Crippen LogP contribution in [0.3, 0.4) is 0 Å². The number of hydrogen-bond acceptors (Lipinski definition) is 4. The van der Waals surface area contributed by atoms with Gasteiger partial charge in [0.25, 0.3) is 0 Å². The number of nitrogens with zero attached hydrogens (tertiary/aromatic N) is 2. The van der Waals surface area contributed by atoms with E-state index in [0.29, 0.717) is 15.1 Å². The highest BCUT2D eigenvalue weighted by Crippen LogP contribution is 2.36. The number of nitro groups is 1. The Bertz CT molecular complexity index is 632. The van der Waals surface area contributed by atoms with E-state index in [4.69, 9.17) is 16.3 Å². The summed E-state index contributed by atoms with van der Waals surface area (Å²) in [5.74, 6) is 0.418. The Balaban J connectivity index is 2.44. The molecule has 0 unspecified atom stereocenters. The molecule has 2 aromatic rings. The number of ether oxygens (including phenoxy) is 1. The smallest absolute Gasteiger partial charge is 0.313 e. The van der Waals surface area contributed by atoms with Gasteiger partial charge in [0, 0.05) is 28.4 Å². The van der Waals surface area contributed by atoms with E-state index >= 15 is 0 Å². The van der Waals surface area contributed by atoms with E-state index < -0.39 is 4.92 Å². The van der Waals surface area contributed by atoms with Crippen molar-refractivity contribution in [3.8, 4) is 11.6 Å². The quantitative estimate of drug-likeness (QED) is 0.607. The topological polar surface area (TPSA) is 65.3 Å². The highest BCUT2D eigenvalue weighted by atomic mass is 79.9. The molecule has 2 rings (SSSR count). The second kappa shape index (κ2) is 5.54. The van der Waals surface area contributed by atoms with Gasteiger partial charge < -0.3 is 4.74 Å². The van der Waals surface area contributed by atoms with Crippen molar-refractivity contribution in [2.45, 2.75) is 6.92 Å². The maximum atomic E-state index is 11.0. The van der Waals surface area contributed by atoms with E-state index in [1.165, 1.54) is 12.3 Å². The summed E-state index contributed by atoms with van der Waals surface area (Å²) < 4.78 is 6.10. The molecule has 7 heteroatoms. The monoisotopic (exact) mass is 342 g/mol. The normalized spacial score (nSPS) is 10.3. The van der Waals surface area contributed by atoms with Crippen LogP contribution in [0.25, 0.3) is 0 Å². The van der Waals surface area contributed by atoms with Gasteiger partial charge in [-0.2, -0.15) is 0 Å². The first-order valence-electron chi connectivity index (χ1n) is 5.21. The zero-order valence-corrected chi connectivity index (χ0v) is 12.1. The minimum absolute atomic E-state index is 0.122. The molecule has 0 radical (unpaired) electrons. The Morgan fingerprint density at radius 1 is 1.42 bits per heavy atom.